The molecule has 254 valence electrons. The van der Waals surface area contributed by atoms with Gasteiger partial charge in [0.15, 0.2) is 0 Å². The van der Waals surface area contributed by atoms with Gasteiger partial charge in [0.05, 0.1) is 0 Å². The van der Waals surface area contributed by atoms with Crippen molar-refractivity contribution >= 4 is 5.97 Å². The van der Waals surface area contributed by atoms with E-state index in [4.69, 9.17) is 16.2 Å². The number of allylic oxidation sites excluding steroid dienone is 1. The maximum atomic E-state index is 13.4. The number of carbonyl (C=O) groups is 1. The van der Waals surface area contributed by atoms with Crippen molar-refractivity contribution in [1.82, 2.24) is 5.32 Å². The lowest BCUT2D eigenvalue weighted by Crippen LogP contribution is -2.51. The van der Waals surface area contributed by atoms with Gasteiger partial charge < -0.3 is 21.5 Å². The molecule has 4 aliphatic carbocycles. The van der Waals surface area contributed by atoms with E-state index in [1.54, 1.807) is 5.57 Å². The molecule has 5 N–H and O–H groups in total. The number of ether oxygens (including phenoxy) is 1. The number of nitrogens with one attached hydrogen (secondary N) is 1. The predicted molar refractivity (Wildman–Crippen MR) is 185 cm³/mol. The summed E-state index contributed by atoms with van der Waals surface area (Å²) in [4.78, 5) is 13.4. The highest BCUT2D eigenvalue weighted by Crippen LogP contribution is 2.67. The topological polar surface area (TPSA) is 90.4 Å². The number of hydrogen-bond acceptors (Lipinski definition) is 5. The minimum atomic E-state index is -0.215. The Morgan fingerprint density at radius 2 is 1.64 bits per heavy atom. The minimum Gasteiger partial charge on any atom is -0.461 e. The summed E-state index contributed by atoms with van der Waals surface area (Å²) in [6, 6.07) is -0.215. The van der Waals surface area contributed by atoms with E-state index in [0.717, 1.165) is 106 Å². The summed E-state index contributed by atoms with van der Waals surface area (Å²) in [5.41, 5.74) is 13.8. The van der Waals surface area contributed by atoms with Gasteiger partial charge in [0.1, 0.15) is 12.1 Å². The Morgan fingerprint density at radius 3 is 2.39 bits per heavy atom. The molecule has 0 bridgehead atoms. The van der Waals surface area contributed by atoms with Gasteiger partial charge >= 0.3 is 5.97 Å². The number of esters is 1. The molecular formula is C39H71N3O2. The molecule has 4 aliphatic rings. The Bertz CT molecular complexity index is 919. The molecule has 0 heterocycles. The second-order valence-electron chi connectivity index (χ2n) is 16.6. The zero-order valence-corrected chi connectivity index (χ0v) is 29.5. The van der Waals surface area contributed by atoms with Gasteiger partial charge in [-0.05, 0) is 137 Å². The second kappa shape index (κ2) is 16.8. The number of fused-ring (bicyclic) bond motifs is 5. The predicted octanol–water partition coefficient (Wildman–Crippen LogP) is 8.55. The molecule has 3 saturated carbocycles. The maximum absolute atomic E-state index is 13.4. The molecule has 0 aromatic rings. The first-order valence-corrected chi connectivity index (χ1v) is 19.2. The average molecular weight is 614 g/mol. The standard InChI is InChI=1S/C39H71N3O2/c1-28(2)13-12-14-29(3)33-18-19-34-32-17-16-30-27-31(20-22-38(30,4)35(32)21-23-39(33,34)5)44-37(43)36(15-8-10-25-41)42-26-11-7-6-9-24-40/h16,28-29,31-36,42H,6-15,17-27,40-41H2,1-5H3/t29-,31+,32+,33-,34+,35+,36+,38+,39-/m1/s1. The van der Waals surface area contributed by atoms with Gasteiger partial charge in [0, 0.05) is 6.42 Å². The van der Waals surface area contributed by atoms with Crippen LogP contribution in [0.1, 0.15) is 150 Å². The molecule has 0 aromatic heterocycles. The van der Waals surface area contributed by atoms with Crippen LogP contribution < -0.4 is 16.8 Å². The van der Waals surface area contributed by atoms with Gasteiger partial charge in [-0.3, -0.25) is 4.79 Å². The van der Waals surface area contributed by atoms with E-state index in [0.29, 0.717) is 12.0 Å². The fourth-order valence-corrected chi connectivity index (χ4v) is 10.7. The highest BCUT2D eigenvalue weighted by atomic mass is 16.5. The van der Waals surface area contributed by atoms with E-state index in [9.17, 15) is 4.79 Å². The summed E-state index contributed by atoms with van der Waals surface area (Å²) >= 11 is 0. The molecule has 44 heavy (non-hydrogen) atoms. The largest absolute Gasteiger partial charge is 0.461 e. The lowest BCUT2D eigenvalue weighted by molar-refractivity contribution is -0.154. The summed E-state index contributed by atoms with van der Waals surface area (Å²) in [5.74, 6) is 5.09. The molecular weight excluding hydrogens is 542 g/mol. The van der Waals surface area contributed by atoms with Crippen LogP contribution in [-0.2, 0) is 9.53 Å². The zero-order chi connectivity index (χ0) is 31.7. The van der Waals surface area contributed by atoms with Crippen molar-refractivity contribution in [3.05, 3.63) is 11.6 Å². The lowest BCUT2D eigenvalue weighted by atomic mass is 9.47. The van der Waals surface area contributed by atoms with Gasteiger partial charge in [-0.25, -0.2) is 0 Å². The molecule has 0 aromatic carbocycles. The highest BCUT2D eigenvalue weighted by Gasteiger charge is 2.59. The van der Waals surface area contributed by atoms with Crippen molar-refractivity contribution in [2.45, 2.75) is 162 Å². The summed E-state index contributed by atoms with van der Waals surface area (Å²) in [5, 5.41) is 3.54. The summed E-state index contributed by atoms with van der Waals surface area (Å²) in [7, 11) is 0. The van der Waals surface area contributed by atoms with E-state index in [1.165, 1.54) is 57.8 Å². The SMILES string of the molecule is CC(C)CCC[C@@H](C)[C@H]1CC[C@H]2[C@@H]3CC=C4C[C@@H](OC(=O)[C@H](CCCCN)NCCCCCCN)CC[C@]4(C)[C@H]3CC[C@]12C. The van der Waals surface area contributed by atoms with Crippen molar-refractivity contribution in [3.63, 3.8) is 0 Å². The van der Waals surface area contributed by atoms with Crippen molar-refractivity contribution in [1.29, 1.82) is 0 Å². The zero-order valence-electron chi connectivity index (χ0n) is 29.5. The Balaban J connectivity index is 1.34. The smallest absolute Gasteiger partial charge is 0.323 e. The normalized spacial score (nSPS) is 34.5. The third kappa shape index (κ3) is 8.51. The number of hydrogen-bond donors (Lipinski definition) is 3. The first kappa shape index (κ1) is 35.9. The molecule has 0 aliphatic heterocycles. The van der Waals surface area contributed by atoms with Crippen LogP contribution in [0, 0.1) is 46.3 Å². The molecule has 0 saturated heterocycles. The molecule has 0 spiro atoms. The molecule has 3 fully saturated rings. The van der Waals surface area contributed by atoms with Crippen LogP contribution in [0.5, 0.6) is 0 Å². The summed E-state index contributed by atoms with van der Waals surface area (Å²) < 4.78 is 6.29. The van der Waals surface area contributed by atoms with Crippen LogP contribution in [0.25, 0.3) is 0 Å². The average Bonchev–Trinajstić information content (AvgIpc) is 3.35. The number of unbranched alkanes of at least 4 members (excludes halogenated alkanes) is 4. The fourth-order valence-electron chi connectivity index (χ4n) is 10.7. The first-order valence-electron chi connectivity index (χ1n) is 19.2. The number of nitrogens with two attached hydrogens (primary N) is 2. The molecule has 0 radical (unpaired) electrons. The Morgan fingerprint density at radius 1 is 0.886 bits per heavy atom. The van der Waals surface area contributed by atoms with Crippen molar-refractivity contribution < 1.29 is 9.53 Å². The summed E-state index contributed by atoms with van der Waals surface area (Å²) in [6.45, 7) is 14.9. The summed E-state index contributed by atoms with van der Waals surface area (Å²) in [6.07, 6.45) is 24.1. The molecule has 5 nitrogen and oxygen atoms in total. The van der Waals surface area contributed by atoms with Gasteiger partial charge in [-0.15, -0.1) is 0 Å². The second-order valence-corrected chi connectivity index (χ2v) is 16.6. The van der Waals surface area contributed by atoms with E-state index in [1.807, 2.05) is 0 Å². The van der Waals surface area contributed by atoms with Gasteiger partial charge in [0.2, 0.25) is 0 Å². The molecule has 5 heteroatoms. The minimum absolute atomic E-state index is 0.0261. The van der Waals surface area contributed by atoms with Crippen molar-refractivity contribution in [2.24, 2.45) is 57.8 Å². The quantitative estimate of drug-likeness (QED) is 0.0819. The van der Waals surface area contributed by atoms with Crippen LogP contribution in [0.3, 0.4) is 0 Å². The van der Waals surface area contributed by atoms with Crippen LogP contribution in [0.2, 0.25) is 0 Å². The van der Waals surface area contributed by atoms with E-state index < -0.39 is 0 Å². The molecule has 9 atom stereocenters. The lowest BCUT2D eigenvalue weighted by Gasteiger charge is -2.58. The van der Waals surface area contributed by atoms with E-state index >= 15 is 0 Å². The highest BCUT2D eigenvalue weighted by molar-refractivity contribution is 5.76. The van der Waals surface area contributed by atoms with Crippen LogP contribution in [-0.4, -0.2) is 37.7 Å². The Hall–Kier alpha value is -0.910. The Kier molecular flexibility index (Phi) is 13.7. The van der Waals surface area contributed by atoms with E-state index in [-0.39, 0.29) is 23.5 Å². The fraction of sp³-hybridized carbons (Fsp3) is 0.923. The molecule has 0 unspecified atom stereocenters. The third-order valence-corrected chi connectivity index (χ3v) is 13.3. The van der Waals surface area contributed by atoms with Crippen LogP contribution >= 0.6 is 0 Å². The van der Waals surface area contributed by atoms with E-state index in [2.05, 4.69) is 46.0 Å². The van der Waals surface area contributed by atoms with Gasteiger partial charge in [-0.2, -0.15) is 0 Å². The third-order valence-electron chi connectivity index (χ3n) is 13.3. The molecule has 4 rings (SSSR count). The van der Waals surface area contributed by atoms with Gasteiger partial charge in [0.25, 0.3) is 0 Å². The van der Waals surface area contributed by atoms with Crippen LogP contribution in [0.15, 0.2) is 11.6 Å². The first-order chi connectivity index (χ1) is 21.1. The molecule has 0 amide bonds. The van der Waals surface area contributed by atoms with Crippen molar-refractivity contribution in [3.8, 4) is 0 Å². The number of carbonyl (C=O) groups excluding carboxylic acids is 1. The maximum Gasteiger partial charge on any atom is 0.323 e. The van der Waals surface area contributed by atoms with Gasteiger partial charge in [-0.1, -0.05) is 84.8 Å². The number of rotatable bonds is 18. The van der Waals surface area contributed by atoms with Crippen LogP contribution in [0.4, 0.5) is 0 Å². The monoisotopic (exact) mass is 614 g/mol. The van der Waals surface area contributed by atoms with Crippen molar-refractivity contribution in [2.75, 3.05) is 19.6 Å². The Labute approximate surface area is 271 Å².